The molecule has 76 heavy (non-hydrogen) atoms. The van der Waals surface area contributed by atoms with Crippen molar-refractivity contribution in [1.29, 1.82) is 0 Å². The van der Waals surface area contributed by atoms with Crippen LogP contribution in [0, 0.1) is 59.2 Å². The highest BCUT2D eigenvalue weighted by atomic mass is 35.5. The van der Waals surface area contributed by atoms with E-state index in [1.807, 2.05) is 52.0 Å². The smallest absolute Gasteiger partial charge is 0.346 e. The van der Waals surface area contributed by atoms with Gasteiger partial charge in [0, 0.05) is 28.2 Å². The molecule has 0 radical (unpaired) electrons. The van der Waals surface area contributed by atoms with Crippen LogP contribution in [0.25, 0.3) is 0 Å². The van der Waals surface area contributed by atoms with Gasteiger partial charge in [0.2, 0.25) is 5.78 Å². The normalized spacial score (nSPS) is 44.0. The number of aromatic hydroxyl groups is 1. The first-order chi connectivity index (χ1) is 35.5. The fraction of sp³-hybridized carbons (Fsp3) is 0.679. The van der Waals surface area contributed by atoms with Crippen LogP contribution in [0.1, 0.15) is 104 Å². The van der Waals surface area contributed by atoms with Crippen LogP contribution in [0.4, 0.5) is 0 Å². The van der Waals surface area contributed by atoms with E-state index in [2.05, 4.69) is 0 Å². The zero-order valence-corrected chi connectivity index (χ0v) is 45.3. The molecule has 19 nitrogen and oxygen atoms in total. The monoisotopic (exact) mass is 1090 g/mol. The third-order valence-corrected chi connectivity index (χ3v) is 18.9. The number of esters is 2. The maximum atomic E-state index is 15.4. The lowest BCUT2D eigenvalue weighted by atomic mass is 9.49. The second-order valence-corrected chi connectivity index (χ2v) is 23.8. The lowest BCUT2D eigenvalue weighted by Crippen LogP contribution is -2.64. The molecular weight excluding hydrogens is 1010 g/mol. The van der Waals surface area contributed by atoms with Gasteiger partial charge in [-0.15, -0.1) is 0 Å². The molecule has 4 aliphatic carbocycles. The number of phenolic OH excluding ortho intramolecular Hbond substituents is 1. The average molecular weight is 1090 g/mol. The van der Waals surface area contributed by atoms with Crippen LogP contribution in [0.15, 0.2) is 59.4 Å². The molecule has 0 aromatic heterocycles. The van der Waals surface area contributed by atoms with Gasteiger partial charge in [-0.3, -0.25) is 9.59 Å². The van der Waals surface area contributed by atoms with E-state index in [0.29, 0.717) is 12.0 Å². The van der Waals surface area contributed by atoms with Gasteiger partial charge in [0.05, 0.1) is 31.0 Å². The first-order valence-corrected chi connectivity index (χ1v) is 26.7. The Morgan fingerprint density at radius 3 is 2.18 bits per heavy atom. The number of fused-ring (bicyclic) bond motifs is 4. The minimum Gasteiger partial charge on any atom is -0.511 e. The number of carbonyl (C=O) groups excluding carboxylic acids is 4. The summed E-state index contributed by atoms with van der Waals surface area (Å²) in [4.78, 5) is 55.5. The lowest BCUT2D eigenvalue weighted by Gasteiger charge is -2.57. The highest BCUT2D eigenvalue weighted by Gasteiger charge is 2.68. The number of carbonyl (C=O) groups is 4. The number of aliphatic hydroxyl groups excluding tert-OH is 7. The summed E-state index contributed by atoms with van der Waals surface area (Å²) in [6.45, 7) is 15.9. The number of rotatable bonds is 11. The van der Waals surface area contributed by atoms with Gasteiger partial charge in [-0.1, -0.05) is 76.6 Å². The topological polar surface area (TPSA) is 306 Å². The van der Waals surface area contributed by atoms with Gasteiger partial charge in [-0.25, -0.2) is 9.59 Å². The number of ketones is 2. The third-order valence-electron chi connectivity index (χ3n) is 18.5. The number of hydrogen-bond donors (Lipinski definition) is 9. The summed E-state index contributed by atoms with van der Waals surface area (Å²) in [5.41, 5.74) is -6.78. The second kappa shape index (κ2) is 21.2. The van der Waals surface area contributed by atoms with Crippen molar-refractivity contribution in [3.8, 4) is 5.75 Å². The molecule has 7 aliphatic rings. The van der Waals surface area contributed by atoms with Gasteiger partial charge < -0.3 is 74.4 Å². The zero-order valence-electron chi connectivity index (χ0n) is 44.5. The molecule has 2 bridgehead atoms. The van der Waals surface area contributed by atoms with Crippen molar-refractivity contribution in [3.63, 3.8) is 0 Å². The number of hydrogen-bond acceptors (Lipinski definition) is 19. The molecule has 3 saturated heterocycles. The predicted octanol–water partition coefficient (Wildman–Crippen LogP) is 3.99. The number of aliphatic hydroxyl groups is 8. The minimum atomic E-state index is -2.15. The van der Waals surface area contributed by atoms with Crippen LogP contribution in [0.5, 0.6) is 5.75 Å². The Hall–Kier alpha value is -4.09. The lowest BCUT2D eigenvalue weighted by molar-refractivity contribution is -0.361. The van der Waals surface area contributed by atoms with E-state index in [-0.39, 0.29) is 53.2 Å². The molecule has 1 spiro atoms. The molecule has 1 aromatic rings. The quantitative estimate of drug-likeness (QED) is 0.0860. The van der Waals surface area contributed by atoms with Crippen LogP contribution in [-0.2, 0) is 42.8 Å². The van der Waals surface area contributed by atoms with Crippen molar-refractivity contribution in [1.82, 2.24) is 0 Å². The van der Waals surface area contributed by atoms with Crippen LogP contribution < -0.4 is 0 Å². The molecule has 1 unspecified atom stereocenters. The largest absolute Gasteiger partial charge is 0.511 e. The van der Waals surface area contributed by atoms with Crippen molar-refractivity contribution in [2.45, 2.75) is 180 Å². The maximum absolute atomic E-state index is 15.4. The highest BCUT2D eigenvalue weighted by molar-refractivity contribution is 6.32. The number of Topliss-reactive ketones (excluding diaryl/α,β-unsaturated/α-hetero) is 2. The van der Waals surface area contributed by atoms with E-state index in [9.17, 15) is 60.3 Å². The van der Waals surface area contributed by atoms with Crippen molar-refractivity contribution in [3.05, 3.63) is 75.6 Å². The van der Waals surface area contributed by atoms with E-state index in [4.69, 9.17) is 40.0 Å². The van der Waals surface area contributed by atoms with Gasteiger partial charge in [0.25, 0.3) is 0 Å². The molecule has 1 saturated carbocycles. The first-order valence-electron chi connectivity index (χ1n) is 26.3. The van der Waals surface area contributed by atoms with Crippen molar-refractivity contribution in [2.75, 3.05) is 6.61 Å². The molecule has 3 heterocycles. The van der Waals surface area contributed by atoms with Crippen LogP contribution in [-0.4, -0.2) is 161 Å². The van der Waals surface area contributed by atoms with Crippen molar-refractivity contribution in [2.24, 2.45) is 52.3 Å². The highest BCUT2D eigenvalue weighted by Crippen LogP contribution is 2.62. The van der Waals surface area contributed by atoms with Gasteiger partial charge in [0.15, 0.2) is 30.1 Å². The number of halogens is 1. The summed E-state index contributed by atoms with van der Waals surface area (Å²) in [5.74, 6) is -7.49. The number of benzene rings is 1. The first kappa shape index (κ1) is 58.1. The maximum Gasteiger partial charge on any atom is 0.346 e. The molecule has 23 atom stereocenters. The summed E-state index contributed by atoms with van der Waals surface area (Å²) in [7, 11) is 0. The Morgan fingerprint density at radius 1 is 0.882 bits per heavy atom. The third kappa shape index (κ3) is 9.50. The van der Waals surface area contributed by atoms with Crippen molar-refractivity contribution < 1.29 is 93.6 Å². The van der Waals surface area contributed by atoms with E-state index >= 15 is 4.79 Å². The number of ether oxygens (including phenoxy) is 6. The van der Waals surface area contributed by atoms with Crippen molar-refractivity contribution >= 4 is 35.1 Å². The summed E-state index contributed by atoms with van der Waals surface area (Å²) in [6, 6.07) is 2.61. The van der Waals surface area contributed by atoms with Crippen LogP contribution >= 0.6 is 11.6 Å². The molecule has 8 rings (SSSR count). The van der Waals surface area contributed by atoms with E-state index in [0.717, 1.165) is 6.92 Å². The molecule has 20 heteroatoms. The van der Waals surface area contributed by atoms with Crippen LogP contribution in [0.2, 0.25) is 5.02 Å². The Labute approximate surface area is 447 Å². The van der Waals surface area contributed by atoms with Gasteiger partial charge in [-0.2, -0.15) is 0 Å². The molecule has 0 amide bonds. The fourth-order valence-electron chi connectivity index (χ4n) is 13.9. The second-order valence-electron chi connectivity index (χ2n) is 23.4. The molecule has 1 aromatic carbocycles. The fourth-order valence-corrected chi connectivity index (χ4v) is 14.0. The van der Waals surface area contributed by atoms with E-state index in [1.165, 1.54) is 39.8 Å². The predicted molar refractivity (Wildman–Crippen MR) is 270 cm³/mol. The summed E-state index contributed by atoms with van der Waals surface area (Å²) >= 11 is 6.18. The van der Waals surface area contributed by atoms with Gasteiger partial charge in [0.1, 0.15) is 58.8 Å². The van der Waals surface area contributed by atoms with E-state index < -0.39 is 167 Å². The Morgan fingerprint density at radius 2 is 1.53 bits per heavy atom. The van der Waals surface area contributed by atoms with E-state index in [1.54, 1.807) is 13.0 Å². The molecule has 420 valence electrons. The number of phenols is 1. The summed E-state index contributed by atoms with van der Waals surface area (Å²) in [5, 5.41) is 102. The van der Waals surface area contributed by atoms with Crippen LogP contribution in [0.3, 0.4) is 0 Å². The molecule has 3 aliphatic heterocycles. The Kier molecular flexibility index (Phi) is 16.2. The molecule has 4 fully saturated rings. The summed E-state index contributed by atoms with van der Waals surface area (Å²) < 4.78 is 36.7. The zero-order chi connectivity index (χ0) is 56.0. The Balaban J connectivity index is 1.07. The SMILES string of the molecule is CC(=O)[C@](C)(O)[C@@H](O)C[C@@H]1C[C@]23OC(=O)C(=C(O)[C@]4(C)C(C=C[C@@H]5[C@@H](O[C@@H]6O[C@H](C)[C@@H](O)[C@H](O[C@@H]7O[C@H](C)[C@@H](OC(=O)c8c(O)ccc(Cl)c8C)[C@H](O)[C@H]7O)[C@H]6O)[C@H](C)C[C@H](C)[C@H]54)[C@H](C)/C=C/C[C@]2(C)C=C1CO)C3=O. The Bertz CT molecular complexity index is 2580. The molecular formula is C56H75ClO19. The van der Waals surface area contributed by atoms with Gasteiger partial charge >= 0.3 is 11.9 Å². The molecule has 9 N–H and O–H groups in total. The van der Waals surface area contributed by atoms with Gasteiger partial charge in [-0.05, 0) is 113 Å². The minimum absolute atomic E-state index is 0.173. The average Bonchev–Trinajstić information content (AvgIpc) is 3.76. The number of allylic oxidation sites excluding steroid dienone is 4. The standard InChI is InChI=1S/C56H75ClO19/c1-23-12-11-17-53(8)20-31(22-58)30(19-36(61)55(10,70)29(7)59)21-56(53)48(67)38(50(69)76-56)47(66)54(9)33(23)14-13-32-39(54)24(2)18-25(3)44(32)74-52-43(65)46(40(62)27(5)71-52)75-51-42(64)41(63)45(28(6)72-51)73-49(68)37-26(4)34(57)15-16-35(37)60/h11-16,20,23-25,27-28,30,32-33,36,39-46,51-52,58,60-66,70H,17-19,21-22H2,1-10H3/b12-11+,47-38?/t23-,24+,25-,27-,28-,30-,32+,33?,36+,39-,40-,41-,42-,43-,44+,45-,46+,51+,52+,53-,54-,55+,56-/m1/s1. The summed E-state index contributed by atoms with van der Waals surface area (Å²) in [6.07, 6.45) is -7.83.